The Morgan fingerprint density at radius 3 is 2.21 bits per heavy atom. The number of carbonyl (C=O) groups is 2. The Bertz CT molecular complexity index is 1430. The van der Waals surface area contributed by atoms with Crippen molar-refractivity contribution in [3.63, 3.8) is 0 Å². The number of amides is 1. The van der Waals surface area contributed by atoms with E-state index >= 15 is 0 Å². The van der Waals surface area contributed by atoms with Gasteiger partial charge in [0.15, 0.2) is 0 Å². The Hall–Kier alpha value is -4.12. The molecular weight excluding hydrogens is 473 g/mol. The van der Waals surface area contributed by atoms with E-state index in [-0.39, 0.29) is 21.7 Å². The molecule has 0 radical (unpaired) electrons. The SMILES string of the molecule is O=C1Nc2ccc(S(=O)(=O)Nc3ccc(C(F)(F)F)cc3)cc2C1=Cc1ccc(C(=O)O)cc1. The fraction of sp³-hybridized carbons (Fsp3) is 0.0435. The fourth-order valence-electron chi connectivity index (χ4n) is 3.31. The molecule has 3 aromatic carbocycles. The monoisotopic (exact) mass is 488 g/mol. The van der Waals surface area contributed by atoms with Crippen molar-refractivity contribution in [2.24, 2.45) is 0 Å². The quantitative estimate of drug-likeness (QED) is 0.451. The van der Waals surface area contributed by atoms with Crippen LogP contribution in [0.5, 0.6) is 0 Å². The van der Waals surface area contributed by atoms with E-state index in [4.69, 9.17) is 5.11 Å². The van der Waals surface area contributed by atoms with Gasteiger partial charge in [-0.2, -0.15) is 13.2 Å². The zero-order valence-electron chi connectivity index (χ0n) is 17.1. The van der Waals surface area contributed by atoms with Crippen LogP contribution in [-0.2, 0) is 21.0 Å². The number of aromatic carboxylic acids is 1. The van der Waals surface area contributed by atoms with E-state index in [0.29, 0.717) is 16.8 Å². The van der Waals surface area contributed by atoms with Gasteiger partial charge in [0.1, 0.15) is 0 Å². The summed E-state index contributed by atoms with van der Waals surface area (Å²) in [4.78, 5) is 23.2. The summed E-state index contributed by atoms with van der Waals surface area (Å²) in [5, 5.41) is 11.6. The van der Waals surface area contributed by atoms with Crippen molar-refractivity contribution in [2.75, 3.05) is 10.0 Å². The first kappa shape index (κ1) is 23.1. The van der Waals surface area contributed by atoms with Crippen LogP contribution in [0, 0.1) is 0 Å². The third kappa shape index (κ3) is 4.64. The van der Waals surface area contributed by atoms with Crippen LogP contribution in [0.3, 0.4) is 0 Å². The first-order valence-corrected chi connectivity index (χ1v) is 11.1. The second-order valence-electron chi connectivity index (χ2n) is 7.33. The predicted molar refractivity (Wildman–Crippen MR) is 119 cm³/mol. The van der Waals surface area contributed by atoms with Crippen LogP contribution in [-0.4, -0.2) is 25.4 Å². The highest BCUT2D eigenvalue weighted by atomic mass is 32.2. The molecule has 3 aromatic rings. The number of carboxylic acids is 1. The summed E-state index contributed by atoms with van der Waals surface area (Å²) >= 11 is 0. The van der Waals surface area contributed by atoms with Gasteiger partial charge in [0.2, 0.25) is 0 Å². The fourth-order valence-corrected chi connectivity index (χ4v) is 4.39. The van der Waals surface area contributed by atoms with Crippen LogP contribution < -0.4 is 10.0 Å². The van der Waals surface area contributed by atoms with Crippen molar-refractivity contribution in [1.29, 1.82) is 0 Å². The largest absolute Gasteiger partial charge is 0.478 e. The number of hydrogen-bond donors (Lipinski definition) is 3. The lowest BCUT2D eigenvalue weighted by molar-refractivity contribution is -0.137. The van der Waals surface area contributed by atoms with Crippen molar-refractivity contribution >= 4 is 44.9 Å². The topological polar surface area (TPSA) is 113 Å². The number of benzene rings is 3. The molecule has 174 valence electrons. The van der Waals surface area contributed by atoms with Gasteiger partial charge < -0.3 is 10.4 Å². The molecule has 1 aliphatic rings. The average molecular weight is 488 g/mol. The minimum atomic E-state index is -4.55. The van der Waals surface area contributed by atoms with Crippen LogP contribution in [0.4, 0.5) is 24.5 Å². The van der Waals surface area contributed by atoms with Gasteiger partial charge in [-0.1, -0.05) is 12.1 Å². The molecule has 3 N–H and O–H groups in total. The highest BCUT2D eigenvalue weighted by molar-refractivity contribution is 7.92. The first-order chi connectivity index (χ1) is 15.9. The van der Waals surface area contributed by atoms with Gasteiger partial charge in [-0.05, 0) is 66.2 Å². The molecule has 1 amide bonds. The Balaban J connectivity index is 1.64. The average Bonchev–Trinajstić information content (AvgIpc) is 3.08. The van der Waals surface area contributed by atoms with Gasteiger partial charge in [-0.3, -0.25) is 9.52 Å². The number of hydrogen-bond acceptors (Lipinski definition) is 4. The van der Waals surface area contributed by atoms with E-state index < -0.39 is 33.6 Å². The lowest BCUT2D eigenvalue weighted by atomic mass is 10.0. The van der Waals surface area contributed by atoms with Gasteiger partial charge in [0.25, 0.3) is 15.9 Å². The number of carbonyl (C=O) groups excluding carboxylic acids is 1. The van der Waals surface area contributed by atoms with E-state index in [1.807, 2.05) is 0 Å². The third-order valence-electron chi connectivity index (χ3n) is 5.02. The summed E-state index contributed by atoms with van der Waals surface area (Å²) < 4.78 is 66.0. The van der Waals surface area contributed by atoms with Crippen molar-refractivity contribution in [3.8, 4) is 0 Å². The summed E-state index contributed by atoms with van der Waals surface area (Å²) in [5.74, 6) is -1.57. The molecule has 0 bridgehead atoms. The lowest BCUT2D eigenvalue weighted by Crippen LogP contribution is -2.13. The minimum Gasteiger partial charge on any atom is -0.478 e. The second-order valence-corrected chi connectivity index (χ2v) is 9.01. The van der Waals surface area contributed by atoms with E-state index in [0.717, 1.165) is 24.3 Å². The molecular formula is C23H15F3N2O5S. The molecule has 34 heavy (non-hydrogen) atoms. The standard InChI is InChI=1S/C23H15F3N2O5S/c24-23(25,26)15-5-7-16(8-6-15)28-34(32,33)17-9-10-20-18(12-17)19(21(29)27-20)11-13-1-3-14(4-2-13)22(30)31/h1-12,28H,(H,27,29)(H,30,31). The van der Waals surface area contributed by atoms with E-state index in [2.05, 4.69) is 10.0 Å². The molecule has 4 rings (SSSR count). The molecule has 0 fully saturated rings. The Kier molecular flexibility index (Phi) is 5.65. The summed E-state index contributed by atoms with van der Waals surface area (Å²) in [6.45, 7) is 0. The van der Waals surface area contributed by atoms with E-state index in [9.17, 15) is 31.2 Å². The van der Waals surface area contributed by atoms with Crippen LogP contribution >= 0.6 is 0 Å². The summed E-state index contributed by atoms with van der Waals surface area (Å²) in [6.07, 6.45) is -3.06. The zero-order chi connectivity index (χ0) is 24.7. The van der Waals surface area contributed by atoms with E-state index in [1.165, 1.54) is 48.5 Å². The summed E-state index contributed by atoms with van der Waals surface area (Å²) in [6, 6.07) is 13.2. The van der Waals surface area contributed by atoms with Crippen molar-refractivity contribution in [2.45, 2.75) is 11.1 Å². The maximum Gasteiger partial charge on any atom is 0.416 e. The molecule has 7 nitrogen and oxygen atoms in total. The molecule has 0 unspecified atom stereocenters. The molecule has 0 spiro atoms. The van der Waals surface area contributed by atoms with Crippen LogP contribution in [0.2, 0.25) is 0 Å². The Morgan fingerprint density at radius 1 is 0.971 bits per heavy atom. The number of carboxylic acid groups (broad SMARTS) is 1. The van der Waals surface area contributed by atoms with Crippen LogP contribution in [0.15, 0.2) is 71.6 Å². The predicted octanol–water partition coefficient (Wildman–Crippen LogP) is 4.70. The van der Waals surface area contributed by atoms with Gasteiger partial charge in [-0.25, -0.2) is 13.2 Å². The molecule has 11 heteroatoms. The van der Waals surface area contributed by atoms with Crippen molar-refractivity contribution in [1.82, 2.24) is 0 Å². The van der Waals surface area contributed by atoms with Crippen LogP contribution in [0.25, 0.3) is 11.6 Å². The van der Waals surface area contributed by atoms with Gasteiger partial charge >= 0.3 is 12.1 Å². The van der Waals surface area contributed by atoms with Crippen LogP contribution in [0.1, 0.15) is 27.0 Å². The Morgan fingerprint density at radius 2 is 1.62 bits per heavy atom. The smallest absolute Gasteiger partial charge is 0.416 e. The summed E-state index contributed by atoms with van der Waals surface area (Å²) in [7, 11) is -4.17. The number of alkyl halides is 3. The molecule has 0 saturated heterocycles. The number of rotatable bonds is 5. The number of nitrogens with one attached hydrogen (secondary N) is 2. The zero-order valence-corrected chi connectivity index (χ0v) is 17.9. The van der Waals surface area contributed by atoms with Crippen molar-refractivity contribution in [3.05, 3.63) is 89.0 Å². The Labute approximate surface area is 191 Å². The minimum absolute atomic E-state index is 0.0583. The molecule has 0 aliphatic carbocycles. The third-order valence-corrected chi connectivity index (χ3v) is 6.40. The van der Waals surface area contributed by atoms with E-state index in [1.54, 1.807) is 0 Å². The number of halogens is 3. The normalized spacial score (nSPS) is 14.6. The number of fused-ring (bicyclic) bond motifs is 1. The maximum atomic E-state index is 12.8. The number of anilines is 2. The first-order valence-electron chi connectivity index (χ1n) is 9.65. The molecule has 1 heterocycles. The summed E-state index contributed by atoms with van der Waals surface area (Å²) in [5.41, 5.74) is 0.486. The highest BCUT2D eigenvalue weighted by Gasteiger charge is 2.30. The molecule has 0 atom stereocenters. The van der Waals surface area contributed by atoms with Gasteiger partial charge in [0.05, 0.1) is 16.0 Å². The number of sulfonamides is 1. The lowest BCUT2D eigenvalue weighted by Gasteiger charge is -2.11. The maximum absolute atomic E-state index is 12.8. The van der Waals surface area contributed by atoms with Gasteiger partial charge in [-0.15, -0.1) is 0 Å². The molecule has 1 aliphatic heterocycles. The molecule has 0 saturated carbocycles. The second kappa shape index (κ2) is 8.34. The highest BCUT2D eigenvalue weighted by Crippen LogP contribution is 2.35. The van der Waals surface area contributed by atoms with Crippen molar-refractivity contribution < 1.29 is 36.3 Å². The van der Waals surface area contributed by atoms with Gasteiger partial charge in [0, 0.05) is 22.5 Å². The molecule has 0 aromatic heterocycles.